The van der Waals surface area contributed by atoms with Crippen LogP contribution in [0.3, 0.4) is 0 Å². The number of hydrogen-bond acceptors (Lipinski definition) is 10. The van der Waals surface area contributed by atoms with E-state index < -0.39 is 28.3 Å². The smallest absolute Gasteiger partial charge is 0.407 e. The molecule has 0 saturated heterocycles. The lowest BCUT2D eigenvalue weighted by Gasteiger charge is -2.30. The number of ether oxygens (including phenoxy) is 1. The van der Waals surface area contributed by atoms with Crippen molar-refractivity contribution in [1.29, 1.82) is 0 Å². The quantitative estimate of drug-likeness (QED) is 0.206. The number of thiazole rings is 2. The number of fused-ring (bicyclic) bond motifs is 1. The van der Waals surface area contributed by atoms with Crippen LogP contribution in [0.2, 0.25) is 0 Å². The van der Waals surface area contributed by atoms with E-state index >= 15 is 0 Å². The Hall–Kier alpha value is -3.10. The fraction of sp³-hybridized carbons (Fsp3) is 0.370. The van der Waals surface area contributed by atoms with E-state index in [4.69, 9.17) is 4.74 Å². The first-order valence-electron chi connectivity index (χ1n) is 12.8. The van der Waals surface area contributed by atoms with E-state index in [-0.39, 0.29) is 36.9 Å². The number of carbonyl (C=O) groups excluding carboxylic acids is 1. The molecule has 2 aromatic carbocycles. The highest BCUT2D eigenvalue weighted by Crippen LogP contribution is 2.29. The normalized spacial score (nSPS) is 13.4. The average molecular weight is 604 g/mol. The maximum absolute atomic E-state index is 13.8. The number of hydrogen-bond donors (Lipinski definition) is 3. The number of benzene rings is 2. The number of alkyl carbamates (subject to hydrolysis) is 1. The molecule has 214 valence electrons. The van der Waals surface area contributed by atoms with Gasteiger partial charge in [0.05, 0.1) is 37.6 Å². The zero-order valence-corrected chi connectivity index (χ0v) is 24.9. The lowest BCUT2D eigenvalue weighted by molar-refractivity contribution is 0.0876. The van der Waals surface area contributed by atoms with Crippen LogP contribution in [0.1, 0.15) is 24.3 Å². The van der Waals surface area contributed by atoms with E-state index in [0.717, 1.165) is 15.1 Å². The van der Waals surface area contributed by atoms with Gasteiger partial charge in [0, 0.05) is 26.3 Å². The molecule has 2 atom stereocenters. The molecule has 4 aromatic rings. The Labute approximate surface area is 242 Å². The van der Waals surface area contributed by atoms with Crippen molar-refractivity contribution in [1.82, 2.24) is 19.6 Å². The molecule has 0 spiro atoms. The van der Waals surface area contributed by atoms with Gasteiger partial charge in [-0.05, 0) is 36.1 Å². The maximum atomic E-state index is 13.8. The Morgan fingerprint density at radius 1 is 1.15 bits per heavy atom. The summed E-state index contributed by atoms with van der Waals surface area (Å²) in [6.45, 7) is 3.85. The van der Waals surface area contributed by atoms with Crippen LogP contribution in [0.25, 0.3) is 10.2 Å². The van der Waals surface area contributed by atoms with Crippen LogP contribution in [-0.2, 0) is 27.8 Å². The summed E-state index contributed by atoms with van der Waals surface area (Å²) in [7, 11) is -2.21. The van der Waals surface area contributed by atoms with Crippen LogP contribution in [0.5, 0.6) is 0 Å². The zero-order valence-electron chi connectivity index (χ0n) is 22.5. The molecule has 0 aliphatic heterocycles. The Kier molecular flexibility index (Phi) is 10.1. The third-order valence-corrected chi connectivity index (χ3v) is 9.68. The highest BCUT2D eigenvalue weighted by molar-refractivity contribution is 7.89. The number of rotatable bonds is 13. The van der Waals surface area contributed by atoms with Crippen molar-refractivity contribution >= 4 is 54.1 Å². The summed E-state index contributed by atoms with van der Waals surface area (Å²) in [5.74, 6) is -0.00472. The lowest BCUT2D eigenvalue weighted by Crippen LogP contribution is -2.51. The zero-order chi connectivity index (χ0) is 28.7. The Morgan fingerprint density at radius 3 is 2.60 bits per heavy atom. The number of aliphatic hydroxyl groups excluding tert-OH is 1. The number of nitrogens with zero attached hydrogens (tertiary/aromatic N) is 3. The molecule has 0 radical (unpaired) electrons. The lowest BCUT2D eigenvalue weighted by atomic mass is 10.0. The molecular weight excluding hydrogens is 571 g/mol. The van der Waals surface area contributed by atoms with E-state index in [1.165, 1.54) is 33.0 Å². The van der Waals surface area contributed by atoms with Crippen LogP contribution in [0.4, 0.5) is 9.93 Å². The third-order valence-electron chi connectivity index (χ3n) is 6.07. The van der Waals surface area contributed by atoms with Crippen molar-refractivity contribution in [3.05, 3.63) is 70.7 Å². The molecule has 2 heterocycles. The van der Waals surface area contributed by atoms with Gasteiger partial charge in [0.2, 0.25) is 10.0 Å². The largest absolute Gasteiger partial charge is 0.444 e. The summed E-state index contributed by atoms with van der Waals surface area (Å²) in [4.78, 5) is 22.0. The summed E-state index contributed by atoms with van der Waals surface area (Å²) in [6.07, 6.45) is -0.0193. The topological polar surface area (TPSA) is 134 Å². The summed E-state index contributed by atoms with van der Waals surface area (Å²) in [5, 5.41) is 17.8. The molecule has 3 N–H and O–H groups in total. The van der Waals surface area contributed by atoms with E-state index in [0.29, 0.717) is 10.6 Å². The van der Waals surface area contributed by atoms with E-state index in [2.05, 4.69) is 20.6 Å². The van der Waals surface area contributed by atoms with E-state index in [1.54, 1.807) is 30.9 Å². The minimum Gasteiger partial charge on any atom is -0.444 e. The third kappa shape index (κ3) is 7.76. The predicted molar refractivity (Wildman–Crippen MR) is 158 cm³/mol. The van der Waals surface area contributed by atoms with Crippen molar-refractivity contribution in [2.45, 2.75) is 43.9 Å². The molecule has 0 unspecified atom stereocenters. The second-order valence-electron chi connectivity index (χ2n) is 9.67. The summed E-state index contributed by atoms with van der Waals surface area (Å²) in [5.41, 5.74) is 3.23. The van der Waals surface area contributed by atoms with Gasteiger partial charge in [-0.3, -0.25) is 4.98 Å². The first-order valence-corrected chi connectivity index (χ1v) is 15.9. The van der Waals surface area contributed by atoms with Crippen LogP contribution in [0.15, 0.2) is 65.1 Å². The SMILES string of the molecule is CNc1nc2ccc(S(=O)(=O)N(CC(C)C)C[C@@H](O)[C@H](Cc3ccccc3)NC(=O)OCc3cncs3)cc2s1. The molecule has 0 fully saturated rings. The molecule has 4 rings (SSSR count). The van der Waals surface area contributed by atoms with Gasteiger partial charge in [-0.15, -0.1) is 11.3 Å². The Bertz CT molecular complexity index is 1490. The maximum Gasteiger partial charge on any atom is 0.407 e. The number of carbonyl (C=O) groups is 1. The van der Waals surface area contributed by atoms with Gasteiger partial charge in [0.15, 0.2) is 5.13 Å². The van der Waals surface area contributed by atoms with Gasteiger partial charge in [-0.2, -0.15) is 4.31 Å². The number of nitrogens with one attached hydrogen (secondary N) is 2. The summed E-state index contributed by atoms with van der Waals surface area (Å²) in [6, 6.07) is 13.4. The first-order chi connectivity index (χ1) is 19.2. The second kappa shape index (κ2) is 13.5. The number of aliphatic hydroxyl groups is 1. The number of sulfonamides is 1. The number of aromatic nitrogens is 2. The standard InChI is InChI=1S/C27H33N5O5S3/c1-18(2)14-32(40(35,36)21-9-10-22-25(12-21)39-26(28-3)30-22)15-24(33)23(11-19-7-5-4-6-8-19)31-27(34)37-16-20-13-29-17-38-20/h4-10,12-13,17-18,23-24,33H,11,14-16H2,1-3H3,(H,28,30)(H,31,34)/t23-,24+/m0/s1. The molecule has 2 aromatic heterocycles. The highest BCUT2D eigenvalue weighted by Gasteiger charge is 2.32. The molecule has 0 saturated carbocycles. The molecule has 13 heteroatoms. The molecule has 0 aliphatic rings. The van der Waals surface area contributed by atoms with Crippen LogP contribution in [0, 0.1) is 5.92 Å². The fourth-order valence-corrected chi connectivity index (χ4v) is 7.22. The molecule has 0 aliphatic carbocycles. The van der Waals surface area contributed by atoms with Crippen LogP contribution < -0.4 is 10.6 Å². The van der Waals surface area contributed by atoms with Crippen molar-refractivity contribution in [3.8, 4) is 0 Å². The fourth-order valence-electron chi connectivity index (χ4n) is 4.13. The van der Waals surface area contributed by atoms with Gasteiger partial charge in [-0.25, -0.2) is 18.2 Å². The van der Waals surface area contributed by atoms with Crippen molar-refractivity contribution in [3.63, 3.8) is 0 Å². The summed E-state index contributed by atoms with van der Waals surface area (Å²) >= 11 is 2.73. The number of anilines is 1. The van der Waals surface area contributed by atoms with Crippen molar-refractivity contribution < 1.29 is 23.1 Å². The average Bonchev–Trinajstić information content (AvgIpc) is 3.60. The van der Waals surface area contributed by atoms with Crippen molar-refractivity contribution in [2.75, 3.05) is 25.5 Å². The van der Waals surface area contributed by atoms with Gasteiger partial charge < -0.3 is 20.5 Å². The Morgan fingerprint density at radius 2 is 1.93 bits per heavy atom. The van der Waals surface area contributed by atoms with Crippen LogP contribution in [-0.4, -0.2) is 66.2 Å². The van der Waals surface area contributed by atoms with Gasteiger partial charge >= 0.3 is 6.09 Å². The van der Waals surface area contributed by atoms with Gasteiger partial charge in [0.25, 0.3) is 0 Å². The summed E-state index contributed by atoms with van der Waals surface area (Å²) < 4.78 is 35.0. The molecule has 10 nitrogen and oxygen atoms in total. The van der Waals surface area contributed by atoms with E-state index in [1.807, 2.05) is 44.2 Å². The van der Waals surface area contributed by atoms with Crippen molar-refractivity contribution in [2.24, 2.45) is 5.92 Å². The van der Waals surface area contributed by atoms with Gasteiger partial charge in [-0.1, -0.05) is 55.5 Å². The highest BCUT2D eigenvalue weighted by atomic mass is 32.2. The van der Waals surface area contributed by atoms with Gasteiger partial charge in [0.1, 0.15) is 6.61 Å². The number of amides is 1. The second-order valence-corrected chi connectivity index (χ2v) is 13.6. The molecule has 40 heavy (non-hydrogen) atoms. The minimum absolute atomic E-state index is 0.00472. The molecular formula is C27H33N5O5S3. The monoisotopic (exact) mass is 603 g/mol. The first kappa shape index (κ1) is 29.9. The molecule has 1 amide bonds. The van der Waals surface area contributed by atoms with Crippen LogP contribution >= 0.6 is 22.7 Å². The molecule has 0 bridgehead atoms. The predicted octanol–water partition coefficient (Wildman–Crippen LogP) is 4.34. The minimum atomic E-state index is -3.97. The Balaban J connectivity index is 1.55. The van der Waals surface area contributed by atoms with E-state index in [9.17, 15) is 18.3 Å².